The molecule has 3 aromatic rings. The summed E-state index contributed by atoms with van der Waals surface area (Å²) in [5.41, 5.74) is 2.38. The molecule has 0 bridgehead atoms. The van der Waals surface area contributed by atoms with Crippen LogP contribution in [0, 0.1) is 5.82 Å². The van der Waals surface area contributed by atoms with Gasteiger partial charge >= 0.3 is 0 Å². The van der Waals surface area contributed by atoms with Crippen LogP contribution in [-0.2, 0) is 17.8 Å². The maximum Gasteiger partial charge on any atom is 0.224 e. The number of pyridine rings is 1. The molecule has 8 nitrogen and oxygen atoms in total. The zero-order chi connectivity index (χ0) is 23.8. The number of rotatable bonds is 9. The summed E-state index contributed by atoms with van der Waals surface area (Å²) in [6.45, 7) is 5.85. The highest BCUT2D eigenvalue weighted by atomic mass is 19.1. The maximum absolute atomic E-state index is 14.7. The summed E-state index contributed by atoms with van der Waals surface area (Å²) >= 11 is 0. The van der Waals surface area contributed by atoms with Crippen LogP contribution in [0.2, 0.25) is 0 Å². The van der Waals surface area contributed by atoms with Crippen molar-refractivity contribution < 1.29 is 13.9 Å². The minimum absolute atomic E-state index is 0.141. The molecule has 1 N–H and O–H groups in total. The second-order valence-corrected chi connectivity index (χ2v) is 8.34. The lowest BCUT2D eigenvalue weighted by Crippen LogP contribution is -2.45. The first-order valence-electron chi connectivity index (χ1n) is 11.4. The smallest absolute Gasteiger partial charge is 0.224 e. The molecule has 1 aliphatic rings. The highest BCUT2D eigenvalue weighted by Crippen LogP contribution is 2.25. The van der Waals surface area contributed by atoms with Crippen molar-refractivity contribution in [1.82, 2.24) is 30.1 Å². The van der Waals surface area contributed by atoms with Gasteiger partial charge in [-0.3, -0.25) is 14.7 Å². The van der Waals surface area contributed by atoms with E-state index >= 15 is 0 Å². The Morgan fingerprint density at radius 1 is 1.12 bits per heavy atom. The minimum atomic E-state index is -0.389. The van der Waals surface area contributed by atoms with Crippen LogP contribution in [-0.4, -0.2) is 77.0 Å². The van der Waals surface area contributed by atoms with E-state index in [0.717, 1.165) is 44.0 Å². The zero-order valence-corrected chi connectivity index (χ0v) is 19.3. The molecule has 1 aromatic carbocycles. The van der Waals surface area contributed by atoms with Crippen LogP contribution >= 0.6 is 0 Å². The third kappa shape index (κ3) is 6.79. The van der Waals surface area contributed by atoms with E-state index in [4.69, 9.17) is 4.74 Å². The molecule has 1 amide bonds. The molecule has 9 heteroatoms. The molecule has 0 atom stereocenters. The van der Waals surface area contributed by atoms with Gasteiger partial charge in [-0.1, -0.05) is 6.07 Å². The predicted octanol–water partition coefficient (Wildman–Crippen LogP) is 2.16. The van der Waals surface area contributed by atoms with Gasteiger partial charge in [-0.15, -0.1) is 0 Å². The van der Waals surface area contributed by atoms with Gasteiger partial charge in [0, 0.05) is 56.7 Å². The van der Waals surface area contributed by atoms with Crippen LogP contribution in [0.1, 0.15) is 11.3 Å². The number of hydrogen-bond donors (Lipinski definition) is 1. The molecule has 0 saturated carbocycles. The lowest BCUT2D eigenvalue weighted by molar-refractivity contribution is -0.120. The standard InChI is InChI=1S/C25H29FN6O2/c1-31-8-10-32(11-9-31)12-13-34-21-3-4-22(23(26)15-21)24-5-2-19(16-28-24)14-25(33)29-17-20-6-7-27-18-30-20/h2-7,15-16,18H,8-14,17H2,1H3,(H,29,33). The highest BCUT2D eigenvalue weighted by Gasteiger charge is 2.14. The van der Waals surface area contributed by atoms with Crippen LogP contribution in [0.4, 0.5) is 4.39 Å². The number of hydrogen-bond acceptors (Lipinski definition) is 7. The summed E-state index contributed by atoms with van der Waals surface area (Å²) < 4.78 is 20.5. The predicted molar refractivity (Wildman–Crippen MR) is 127 cm³/mol. The zero-order valence-electron chi connectivity index (χ0n) is 19.3. The van der Waals surface area contributed by atoms with Gasteiger partial charge in [0.1, 0.15) is 24.5 Å². The summed E-state index contributed by atoms with van der Waals surface area (Å²) in [6.07, 6.45) is 4.85. The average molecular weight is 465 g/mol. The van der Waals surface area contributed by atoms with Crippen LogP contribution < -0.4 is 10.1 Å². The summed E-state index contributed by atoms with van der Waals surface area (Å²) in [7, 11) is 2.13. The van der Waals surface area contributed by atoms with E-state index in [2.05, 4.69) is 37.1 Å². The molecule has 178 valence electrons. The number of amides is 1. The Bertz CT molecular complexity index is 1070. The Labute approximate surface area is 198 Å². The Kier molecular flexibility index (Phi) is 8.11. The Morgan fingerprint density at radius 2 is 1.97 bits per heavy atom. The molecule has 1 aliphatic heterocycles. The van der Waals surface area contributed by atoms with E-state index < -0.39 is 0 Å². The van der Waals surface area contributed by atoms with Crippen molar-refractivity contribution in [2.45, 2.75) is 13.0 Å². The molecule has 34 heavy (non-hydrogen) atoms. The number of ether oxygens (including phenoxy) is 1. The van der Waals surface area contributed by atoms with Gasteiger partial charge in [0.25, 0.3) is 0 Å². The quantitative estimate of drug-likeness (QED) is 0.520. The second kappa shape index (κ2) is 11.6. The molecule has 2 aromatic heterocycles. The Morgan fingerprint density at radius 3 is 2.68 bits per heavy atom. The van der Waals surface area contributed by atoms with E-state index in [1.807, 2.05) is 0 Å². The lowest BCUT2D eigenvalue weighted by atomic mass is 10.1. The average Bonchev–Trinajstić information content (AvgIpc) is 2.85. The largest absolute Gasteiger partial charge is 0.492 e. The van der Waals surface area contributed by atoms with Crippen LogP contribution in [0.3, 0.4) is 0 Å². The van der Waals surface area contributed by atoms with Gasteiger partial charge in [0.05, 0.1) is 24.4 Å². The summed E-state index contributed by atoms with van der Waals surface area (Å²) in [5.74, 6) is -0.0234. The first-order chi connectivity index (χ1) is 16.6. The van der Waals surface area contributed by atoms with Gasteiger partial charge in [-0.2, -0.15) is 0 Å². The van der Waals surface area contributed by atoms with Crippen molar-refractivity contribution >= 4 is 5.91 Å². The fourth-order valence-corrected chi connectivity index (χ4v) is 3.71. The Hall–Kier alpha value is -3.43. The second-order valence-electron chi connectivity index (χ2n) is 8.34. The number of nitrogens with one attached hydrogen (secondary N) is 1. The number of carbonyl (C=O) groups excluding carboxylic acids is 1. The maximum atomic E-state index is 14.7. The van der Waals surface area contributed by atoms with Crippen LogP contribution in [0.15, 0.2) is 55.1 Å². The first-order valence-corrected chi connectivity index (χ1v) is 11.4. The number of halogens is 1. The van der Waals surface area contributed by atoms with Gasteiger partial charge in [-0.25, -0.2) is 14.4 Å². The number of carbonyl (C=O) groups is 1. The van der Waals surface area contributed by atoms with Crippen molar-refractivity contribution in [2.75, 3.05) is 46.4 Å². The molecule has 4 rings (SSSR count). The van der Waals surface area contributed by atoms with Gasteiger partial charge < -0.3 is 15.0 Å². The molecule has 0 radical (unpaired) electrons. The Balaban J connectivity index is 1.26. The number of likely N-dealkylation sites (N-methyl/N-ethyl adjacent to an activating group) is 1. The fraction of sp³-hybridized carbons (Fsp3) is 0.360. The molecule has 0 aliphatic carbocycles. The molecule has 1 fully saturated rings. The third-order valence-corrected chi connectivity index (χ3v) is 5.79. The molecule has 3 heterocycles. The van der Waals surface area contributed by atoms with E-state index in [1.165, 1.54) is 12.4 Å². The number of aromatic nitrogens is 3. The summed E-state index contributed by atoms with van der Waals surface area (Å²) in [5, 5.41) is 2.81. The van der Waals surface area contributed by atoms with Crippen LogP contribution in [0.5, 0.6) is 5.75 Å². The molecular weight excluding hydrogens is 435 g/mol. The number of nitrogens with zero attached hydrogens (tertiary/aromatic N) is 5. The fourth-order valence-electron chi connectivity index (χ4n) is 3.71. The first kappa shape index (κ1) is 23.7. The summed E-state index contributed by atoms with van der Waals surface area (Å²) in [4.78, 5) is 29.1. The summed E-state index contributed by atoms with van der Waals surface area (Å²) in [6, 6.07) is 10.1. The van der Waals surface area contributed by atoms with Crippen LogP contribution in [0.25, 0.3) is 11.3 Å². The highest BCUT2D eigenvalue weighted by molar-refractivity contribution is 5.78. The molecule has 1 saturated heterocycles. The minimum Gasteiger partial charge on any atom is -0.492 e. The monoisotopic (exact) mass is 464 g/mol. The van der Waals surface area contributed by atoms with E-state index in [9.17, 15) is 9.18 Å². The van der Waals surface area contributed by atoms with E-state index in [1.54, 1.807) is 42.7 Å². The molecular formula is C25H29FN6O2. The topological polar surface area (TPSA) is 83.5 Å². The van der Waals surface area contributed by atoms with Crippen molar-refractivity contribution in [2.24, 2.45) is 0 Å². The molecule has 0 spiro atoms. The van der Waals surface area contributed by atoms with E-state index in [0.29, 0.717) is 30.2 Å². The lowest BCUT2D eigenvalue weighted by Gasteiger charge is -2.32. The van der Waals surface area contributed by atoms with Gasteiger partial charge in [0.15, 0.2) is 0 Å². The SMILES string of the molecule is CN1CCN(CCOc2ccc(-c3ccc(CC(=O)NCc4ccncn4)cn3)c(F)c2)CC1. The number of piperazine rings is 1. The van der Waals surface area contributed by atoms with Crippen molar-refractivity contribution in [3.8, 4) is 17.0 Å². The normalized spacial score (nSPS) is 14.6. The molecule has 0 unspecified atom stereocenters. The third-order valence-electron chi connectivity index (χ3n) is 5.79. The van der Waals surface area contributed by atoms with E-state index in [-0.39, 0.29) is 18.1 Å². The van der Waals surface area contributed by atoms with Crippen molar-refractivity contribution in [3.05, 3.63) is 72.2 Å². The van der Waals surface area contributed by atoms with Gasteiger partial charge in [0.2, 0.25) is 5.91 Å². The van der Waals surface area contributed by atoms with Gasteiger partial charge in [-0.05, 0) is 36.9 Å². The van der Waals surface area contributed by atoms with Crippen molar-refractivity contribution in [3.63, 3.8) is 0 Å². The van der Waals surface area contributed by atoms with Crippen molar-refractivity contribution in [1.29, 1.82) is 0 Å². The number of benzene rings is 1.